The van der Waals surface area contributed by atoms with Gasteiger partial charge in [-0.1, -0.05) is 16.8 Å². The summed E-state index contributed by atoms with van der Waals surface area (Å²) in [5.74, 6) is 0.755. The average Bonchev–Trinajstić information content (AvgIpc) is 3.21. The normalized spacial score (nSPS) is 19.1. The van der Waals surface area contributed by atoms with E-state index in [1.807, 2.05) is 25.1 Å². The number of hydrogen-bond donors (Lipinski definition) is 3. The van der Waals surface area contributed by atoms with Gasteiger partial charge in [-0.25, -0.2) is 0 Å². The lowest BCUT2D eigenvalue weighted by molar-refractivity contribution is -0.134. The zero-order valence-corrected chi connectivity index (χ0v) is 15.5. The number of ether oxygens (including phenoxy) is 1. The third-order valence-electron chi connectivity index (χ3n) is 4.80. The Bertz CT molecular complexity index is 981. The Morgan fingerprint density at radius 2 is 2.26 bits per heavy atom. The summed E-state index contributed by atoms with van der Waals surface area (Å²) in [5.41, 5.74) is 2.50. The molecule has 0 spiro atoms. The number of halogens is 1. The first-order valence-corrected chi connectivity index (χ1v) is 9.19. The van der Waals surface area contributed by atoms with Crippen LogP contribution in [0.2, 0.25) is 5.02 Å². The van der Waals surface area contributed by atoms with Crippen molar-refractivity contribution in [3.05, 3.63) is 46.4 Å². The molecule has 0 saturated heterocycles. The third-order valence-corrected chi connectivity index (χ3v) is 5.10. The zero-order chi connectivity index (χ0) is 19.0. The molecule has 0 bridgehead atoms. The fourth-order valence-electron chi connectivity index (χ4n) is 3.13. The van der Waals surface area contributed by atoms with Gasteiger partial charge in [0.15, 0.2) is 5.76 Å². The maximum absolute atomic E-state index is 12.0. The number of aliphatic hydroxyl groups excluding tert-OH is 1. The summed E-state index contributed by atoms with van der Waals surface area (Å²) in [6.45, 7) is 2.44. The van der Waals surface area contributed by atoms with Gasteiger partial charge in [-0.2, -0.15) is 0 Å². The number of fused-ring (bicyclic) bond motifs is 1. The number of nitrogens with zero attached hydrogens (tertiary/aromatic N) is 1. The summed E-state index contributed by atoms with van der Waals surface area (Å²) in [6.07, 6.45) is 0.916. The van der Waals surface area contributed by atoms with Crippen LogP contribution in [0.25, 0.3) is 10.9 Å². The second kappa shape index (κ2) is 7.25. The molecule has 0 aliphatic heterocycles. The molecule has 1 saturated carbocycles. The predicted octanol–water partition coefficient (Wildman–Crippen LogP) is 3.08. The van der Waals surface area contributed by atoms with Crippen LogP contribution in [0.1, 0.15) is 30.0 Å². The fourth-order valence-corrected chi connectivity index (χ4v) is 3.36. The van der Waals surface area contributed by atoms with Crippen LogP contribution >= 0.6 is 11.6 Å². The number of H-pyrrole nitrogens is 1. The van der Waals surface area contributed by atoms with E-state index in [4.69, 9.17) is 20.9 Å². The van der Waals surface area contributed by atoms with E-state index in [1.54, 1.807) is 6.07 Å². The van der Waals surface area contributed by atoms with Gasteiger partial charge in [0.05, 0.1) is 29.3 Å². The highest BCUT2D eigenvalue weighted by Crippen LogP contribution is 2.31. The van der Waals surface area contributed by atoms with E-state index in [0.717, 1.165) is 28.7 Å². The largest absolute Gasteiger partial charge is 0.484 e. The molecule has 1 fully saturated rings. The van der Waals surface area contributed by atoms with Gasteiger partial charge in [-0.3, -0.25) is 4.79 Å². The molecule has 1 aliphatic carbocycles. The molecule has 27 heavy (non-hydrogen) atoms. The van der Waals surface area contributed by atoms with Crippen LogP contribution in [-0.4, -0.2) is 27.3 Å². The lowest BCUT2D eigenvalue weighted by Crippen LogP contribution is -2.43. The van der Waals surface area contributed by atoms with Gasteiger partial charge in [0.25, 0.3) is 0 Å². The molecule has 0 radical (unpaired) electrons. The van der Waals surface area contributed by atoms with Crippen LogP contribution in [0.5, 0.6) is 5.75 Å². The Morgan fingerprint density at radius 1 is 1.41 bits per heavy atom. The molecule has 2 heterocycles. The fraction of sp³-hybridized carbons (Fsp3) is 0.368. The van der Waals surface area contributed by atoms with Gasteiger partial charge < -0.3 is 24.7 Å². The average molecular weight is 390 g/mol. The molecular weight excluding hydrogens is 370 g/mol. The number of aryl methyl sites for hydroxylation is 1. The predicted molar refractivity (Wildman–Crippen MR) is 99.5 cm³/mol. The number of aliphatic hydroxyl groups is 1. The number of carbonyl (C=O) groups is 1. The van der Waals surface area contributed by atoms with Crippen LogP contribution in [0.3, 0.4) is 0 Å². The molecule has 3 N–H and O–H groups in total. The summed E-state index contributed by atoms with van der Waals surface area (Å²) in [5, 5.41) is 17.7. The first kappa shape index (κ1) is 17.9. The summed E-state index contributed by atoms with van der Waals surface area (Å²) in [6, 6.07) is 7.38. The van der Waals surface area contributed by atoms with Crippen molar-refractivity contribution in [1.82, 2.24) is 15.5 Å². The van der Waals surface area contributed by atoms with Crippen molar-refractivity contribution in [3.8, 4) is 5.75 Å². The van der Waals surface area contributed by atoms with Crippen molar-refractivity contribution >= 4 is 28.4 Å². The maximum Gasteiger partial charge on any atom is 0.226 e. The Balaban J connectivity index is 1.43. The summed E-state index contributed by atoms with van der Waals surface area (Å²) < 4.78 is 10.9. The van der Waals surface area contributed by atoms with Crippen LogP contribution < -0.4 is 10.1 Å². The molecule has 7 nitrogen and oxygen atoms in total. The zero-order valence-electron chi connectivity index (χ0n) is 14.8. The lowest BCUT2D eigenvalue weighted by Gasteiger charge is -2.30. The second-order valence-corrected chi connectivity index (χ2v) is 7.26. The third kappa shape index (κ3) is 3.79. The van der Waals surface area contributed by atoms with E-state index >= 15 is 0 Å². The van der Waals surface area contributed by atoms with Crippen LogP contribution in [-0.2, 0) is 17.9 Å². The van der Waals surface area contributed by atoms with Crippen molar-refractivity contribution in [1.29, 1.82) is 0 Å². The van der Waals surface area contributed by atoms with Gasteiger partial charge >= 0.3 is 0 Å². The molecule has 3 aromatic rings. The first-order valence-electron chi connectivity index (χ1n) is 8.81. The highest BCUT2D eigenvalue weighted by molar-refractivity contribution is 6.32. The van der Waals surface area contributed by atoms with Gasteiger partial charge in [0, 0.05) is 28.7 Å². The molecule has 2 unspecified atom stereocenters. The van der Waals surface area contributed by atoms with E-state index in [-0.39, 0.29) is 18.4 Å². The number of rotatable bonds is 6. The Morgan fingerprint density at radius 3 is 2.93 bits per heavy atom. The molecule has 8 heteroatoms. The summed E-state index contributed by atoms with van der Waals surface area (Å²) in [7, 11) is 0. The molecule has 4 rings (SSSR count). The van der Waals surface area contributed by atoms with Gasteiger partial charge in [0.2, 0.25) is 5.91 Å². The number of aromatic nitrogens is 2. The topological polar surface area (TPSA) is 100 Å². The maximum atomic E-state index is 12.0. The van der Waals surface area contributed by atoms with E-state index < -0.39 is 6.10 Å². The first-order chi connectivity index (χ1) is 13.0. The number of hydrogen-bond acceptors (Lipinski definition) is 5. The molecule has 1 aliphatic rings. The molecule has 1 aromatic carbocycles. The van der Waals surface area contributed by atoms with Crippen molar-refractivity contribution in [3.63, 3.8) is 0 Å². The Kier molecular flexibility index (Phi) is 4.80. The van der Waals surface area contributed by atoms with Gasteiger partial charge in [0.1, 0.15) is 12.4 Å². The van der Waals surface area contributed by atoms with Crippen LogP contribution in [0.4, 0.5) is 0 Å². The van der Waals surface area contributed by atoms with Crippen LogP contribution in [0.15, 0.2) is 28.8 Å². The van der Waals surface area contributed by atoms with Crippen LogP contribution in [0, 0.1) is 12.8 Å². The Hall–Kier alpha value is -2.51. The second-order valence-electron chi connectivity index (χ2n) is 6.86. The quantitative estimate of drug-likeness (QED) is 0.601. The SMILES string of the molecule is Cc1cc(COc2cc3[nH]c(CNC(=O)C4CCC4O)cc3cc2Cl)on1. The monoisotopic (exact) mass is 389 g/mol. The molecular formula is C19H20ClN3O4. The minimum Gasteiger partial charge on any atom is -0.484 e. The van der Waals surface area contributed by atoms with Crippen molar-refractivity contribution in [2.24, 2.45) is 5.92 Å². The standard InChI is InChI=1S/C19H20ClN3O4/c1-10-4-13(27-23-10)9-26-18-7-16-11(6-15(18)20)5-12(22-16)8-21-19(25)14-2-3-17(14)24/h4-7,14,17,22,24H,2-3,8-9H2,1H3,(H,21,25). The van der Waals surface area contributed by atoms with E-state index in [9.17, 15) is 9.90 Å². The Labute approximate surface area is 160 Å². The van der Waals surface area contributed by atoms with E-state index in [1.165, 1.54) is 0 Å². The van der Waals surface area contributed by atoms with E-state index in [2.05, 4.69) is 15.5 Å². The van der Waals surface area contributed by atoms with E-state index in [0.29, 0.717) is 29.5 Å². The molecule has 142 valence electrons. The smallest absolute Gasteiger partial charge is 0.226 e. The van der Waals surface area contributed by atoms with Crippen molar-refractivity contribution in [2.45, 2.75) is 39.0 Å². The summed E-state index contributed by atoms with van der Waals surface area (Å²) in [4.78, 5) is 15.3. The number of carbonyl (C=O) groups excluding carboxylic acids is 1. The number of amides is 1. The number of aromatic amines is 1. The van der Waals surface area contributed by atoms with Crippen molar-refractivity contribution < 1.29 is 19.2 Å². The highest BCUT2D eigenvalue weighted by atomic mass is 35.5. The molecule has 2 atom stereocenters. The number of benzene rings is 1. The molecule has 2 aromatic heterocycles. The minimum absolute atomic E-state index is 0.114. The lowest BCUT2D eigenvalue weighted by atomic mass is 9.81. The van der Waals surface area contributed by atoms with Gasteiger partial charge in [-0.15, -0.1) is 0 Å². The molecule has 1 amide bonds. The van der Waals surface area contributed by atoms with Gasteiger partial charge in [-0.05, 0) is 31.9 Å². The summed E-state index contributed by atoms with van der Waals surface area (Å²) >= 11 is 6.31. The minimum atomic E-state index is -0.514. The highest BCUT2D eigenvalue weighted by Gasteiger charge is 2.34. The van der Waals surface area contributed by atoms with Crippen molar-refractivity contribution in [2.75, 3.05) is 0 Å². The number of nitrogens with one attached hydrogen (secondary N) is 2.